The third-order valence-electron chi connectivity index (χ3n) is 3.38. The number of amides is 1. The van der Waals surface area contributed by atoms with Gasteiger partial charge in [0, 0.05) is 12.6 Å². The summed E-state index contributed by atoms with van der Waals surface area (Å²) in [5.74, 6) is 0.757. The number of rotatable bonds is 3. The van der Waals surface area contributed by atoms with Crippen molar-refractivity contribution < 1.29 is 19.1 Å². The summed E-state index contributed by atoms with van der Waals surface area (Å²) in [5.41, 5.74) is 2.22. The van der Waals surface area contributed by atoms with E-state index < -0.39 is 0 Å². The van der Waals surface area contributed by atoms with Crippen molar-refractivity contribution in [2.45, 2.75) is 0 Å². The van der Waals surface area contributed by atoms with Gasteiger partial charge in [-0.2, -0.15) is 0 Å². The topological polar surface area (TPSA) is 64.6 Å². The van der Waals surface area contributed by atoms with Gasteiger partial charge < -0.3 is 14.8 Å². The predicted molar refractivity (Wildman–Crippen MR) is 76.8 cm³/mol. The van der Waals surface area contributed by atoms with Gasteiger partial charge in [-0.3, -0.25) is 9.59 Å². The quantitative estimate of drug-likeness (QED) is 0.877. The summed E-state index contributed by atoms with van der Waals surface area (Å²) in [4.78, 5) is 23.5. The Morgan fingerprint density at radius 2 is 1.95 bits per heavy atom. The molecule has 5 nitrogen and oxygen atoms in total. The van der Waals surface area contributed by atoms with Crippen LogP contribution < -0.4 is 14.8 Å². The molecule has 0 saturated carbocycles. The Hall–Kier alpha value is -2.82. The Morgan fingerprint density at radius 1 is 1.14 bits per heavy atom. The zero-order chi connectivity index (χ0) is 14.8. The summed E-state index contributed by atoms with van der Waals surface area (Å²) < 4.78 is 10.6. The van der Waals surface area contributed by atoms with E-state index in [0.29, 0.717) is 33.8 Å². The van der Waals surface area contributed by atoms with Crippen LogP contribution in [0.1, 0.15) is 20.7 Å². The van der Waals surface area contributed by atoms with Crippen LogP contribution in [0.25, 0.3) is 11.1 Å². The van der Waals surface area contributed by atoms with Gasteiger partial charge in [0.2, 0.25) is 6.79 Å². The first-order chi connectivity index (χ1) is 10.3. The van der Waals surface area contributed by atoms with E-state index in [1.165, 1.54) is 0 Å². The lowest BCUT2D eigenvalue weighted by Crippen LogP contribution is -2.18. The van der Waals surface area contributed by atoms with Crippen LogP contribution in [0, 0.1) is 0 Å². The highest BCUT2D eigenvalue weighted by Gasteiger charge is 2.23. The number of hydrogen-bond acceptors (Lipinski definition) is 4. The zero-order valence-corrected chi connectivity index (χ0v) is 11.4. The van der Waals surface area contributed by atoms with E-state index in [1.807, 2.05) is 6.07 Å². The van der Waals surface area contributed by atoms with Gasteiger partial charge in [0.25, 0.3) is 5.91 Å². The average Bonchev–Trinajstić information content (AvgIpc) is 3.01. The number of carbonyl (C=O) groups is 2. The molecule has 0 fully saturated rings. The molecular weight excluding hydrogens is 270 g/mol. The summed E-state index contributed by atoms with van der Waals surface area (Å²) in [7, 11) is 1.57. The molecule has 1 N–H and O–H groups in total. The van der Waals surface area contributed by atoms with Crippen molar-refractivity contribution >= 4 is 12.2 Å². The second kappa shape index (κ2) is 5.28. The molecule has 0 saturated heterocycles. The summed E-state index contributed by atoms with van der Waals surface area (Å²) in [6, 6.07) is 10.6. The van der Waals surface area contributed by atoms with Gasteiger partial charge in [-0.15, -0.1) is 0 Å². The third kappa shape index (κ3) is 2.12. The maximum atomic E-state index is 12.0. The molecule has 1 aliphatic rings. The molecule has 1 aliphatic heterocycles. The second-order valence-corrected chi connectivity index (χ2v) is 4.50. The highest BCUT2D eigenvalue weighted by molar-refractivity contribution is 6.03. The molecule has 2 aromatic rings. The predicted octanol–water partition coefficient (Wildman–Crippen LogP) is 2.25. The summed E-state index contributed by atoms with van der Waals surface area (Å²) in [6.07, 6.45) is 0.726. The van der Waals surface area contributed by atoms with Crippen molar-refractivity contribution in [1.82, 2.24) is 5.32 Å². The minimum atomic E-state index is -0.208. The standard InChI is InChI=1S/C16H13NO4/c1-17-16(19)12-5-3-2-4-10(12)11-6-7-14-15(13(11)8-18)21-9-20-14/h2-8H,9H2,1H3,(H,17,19). The fraction of sp³-hybridized carbons (Fsp3) is 0.125. The average molecular weight is 283 g/mol. The molecule has 0 spiro atoms. The van der Waals surface area contributed by atoms with E-state index in [-0.39, 0.29) is 12.7 Å². The third-order valence-corrected chi connectivity index (χ3v) is 3.38. The minimum Gasteiger partial charge on any atom is -0.454 e. The van der Waals surface area contributed by atoms with E-state index in [9.17, 15) is 9.59 Å². The Bertz CT molecular complexity index is 724. The summed E-state index contributed by atoms with van der Waals surface area (Å²) >= 11 is 0. The van der Waals surface area contributed by atoms with Crippen molar-refractivity contribution in [2.24, 2.45) is 0 Å². The first-order valence-electron chi connectivity index (χ1n) is 6.45. The van der Waals surface area contributed by atoms with Crippen LogP contribution in [0.5, 0.6) is 11.5 Å². The van der Waals surface area contributed by atoms with Crippen molar-refractivity contribution in [3.63, 3.8) is 0 Å². The van der Waals surface area contributed by atoms with E-state index >= 15 is 0 Å². The number of carbonyl (C=O) groups excluding carboxylic acids is 2. The Morgan fingerprint density at radius 3 is 2.71 bits per heavy atom. The lowest BCUT2D eigenvalue weighted by atomic mass is 9.94. The van der Waals surface area contributed by atoms with E-state index in [4.69, 9.17) is 9.47 Å². The molecule has 0 unspecified atom stereocenters. The fourth-order valence-corrected chi connectivity index (χ4v) is 2.40. The number of benzene rings is 2. The van der Waals surface area contributed by atoms with E-state index in [2.05, 4.69) is 5.32 Å². The smallest absolute Gasteiger partial charge is 0.251 e. The van der Waals surface area contributed by atoms with Gasteiger partial charge in [0.15, 0.2) is 17.8 Å². The van der Waals surface area contributed by atoms with Crippen LogP contribution in [0.3, 0.4) is 0 Å². The molecule has 3 rings (SSSR count). The maximum absolute atomic E-state index is 12.0. The molecule has 0 aliphatic carbocycles. The van der Waals surface area contributed by atoms with Crippen LogP contribution in [0.15, 0.2) is 36.4 Å². The maximum Gasteiger partial charge on any atom is 0.251 e. The van der Waals surface area contributed by atoms with Crippen molar-refractivity contribution in [2.75, 3.05) is 13.8 Å². The largest absolute Gasteiger partial charge is 0.454 e. The highest BCUT2D eigenvalue weighted by atomic mass is 16.7. The van der Waals surface area contributed by atoms with E-state index in [0.717, 1.165) is 6.29 Å². The molecule has 1 amide bonds. The van der Waals surface area contributed by atoms with Gasteiger partial charge in [0.05, 0.1) is 5.56 Å². The molecule has 2 aromatic carbocycles. The molecule has 1 heterocycles. The SMILES string of the molecule is CNC(=O)c1ccccc1-c1ccc2c(c1C=O)OCO2. The molecule has 0 radical (unpaired) electrons. The van der Waals surface area contributed by atoms with Crippen molar-refractivity contribution in [1.29, 1.82) is 0 Å². The number of hydrogen-bond donors (Lipinski definition) is 1. The van der Waals surface area contributed by atoms with Gasteiger partial charge in [-0.05, 0) is 29.3 Å². The molecule has 5 heteroatoms. The number of ether oxygens (including phenoxy) is 2. The molecule has 0 aromatic heterocycles. The lowest BCUT2D eigenvalue weighted by Gasteiger charge is -2.12. The Balaban J connectivity index is 2.22. The summed E-state index contributed by atoms with van der Waals surface area (Å²) in [6.45, 7) is 0.0940. The minimum absolute atomic E-state index is 0.0940. The van der Waals surface area contributed by atoms with Gasteiger partial charge in [0.1, 0.15) is 0 Å². The second-order valence-electron chi connectivity index (χ2n) is 4.50. The van der Waals surface area contributed by atoms with Gasteiger partial charge in [-0.1, -0.05) is 18.2 Å². The molecular formula is C16H13NO4. The zero-order valence-electron chi connectivity index (χ0n) is 11.4. The molecule has 0 atom stereocenters. The first-order valence-corrected chi connectivity index (χ1v) is 6.45. The van der Waals surface area contributed by atoms with Gasteiger partial charge >= 0.3 is 0 Å². The van der Waals surface area contributed by atoms with Crippen LogP contribution >= 0.6 is 0 Å². The van der Waals surface area contributed by atoms with Gasteiger partial charge in [-0.25, -0.2) is 0 Å². The number of fused-ring (bicyclic) bond motifs is 1. The summed E-state index contributed by atoms with van der Waals surface area (Å²) in [5, 5.41) is 2.60. The highest BCUT2D eigenvalue weighted by Crippen LogP contribution is 2.40. The van der Waals surface area contributed by atoms with Crippen LogP contribution in [0.4, 0.5) is 0 Å². The van der Waals surface area contributed by atoms with Crippen LogP contribution in [-0.4, -0.2) is 26.0 Å². The first kappa shape index (κ1) is 13.2. The normalized spacial score (nSPS) is 12.0. The molecule has 21 heavy (non-hydrogen) atoms. The van der Waals surface area contributed by atoms with Crippen LogP contribution in [-0.2, 0) is 0 Å². The van der Waals surface area contributed by atoms with E-state index in [1.54, 1.807) is 37.4 Å². The molecule has 106 valence electrons. The monoisotopic (exact) mass is 283 g/mol. The molecule has 0 bridgehead atoms. The van der Waals surface area contributed by atoms with Crippen molar-refractivity contribution in [3.8, 4) is 22.6 Å². The Labute approximate surface area is 121 Å². The fourth-order valence-electron chi connectivity index (χ4n) is 2.40. The lowest BCUT2D eigenvalue weighted by molar-refractivity contribution is 0.0963. The van der Waals surface area contributed by atoms with Crippen LogP contribution in [0.2, 0.25) is 0 Å². The Kier molecular flexibility index (Phi) is 3.31. The van der Waals surface area contributed by atoms with Crippen molar-refractivity contribution in [3.05, 3.63) is 47.5 Å². The number of nitrogens with one attached hydrogen (secondary N) is 1. The number of aldehydes is 1.